The van der Waals surface area contributed by atoms with Crippen molar-refractivity contribution < 1.29 is 0 Å². The van der Waals surface area contributed by atoms with Crippen molar-refractivity contribution in [1.82, 2.24) is 14.9 Å². The van der Waals surface area contributed by atoms with Crippen molar-refractivity contribution in [2.45, 2.75) is 13.8 Å². The number of nitrogens with zero attached hydrogens (tertiary/aromatic N) is 3. The van der Waals surface area contributed by atoms with Gasteiger partial charge in [0.2, 0.25) is 5.95 Å². The lowest BCUT2D eigenvalue weighted by atomic mass is 10.1. The molecule has 5 heteroatoms. The van der Waals surface area contributed by atoms with Crippen molar-refractivity contribution in [1.29, 1.82) is 0 Å². The molecular weight excluding hydrogens is 262 g/mol. The van der Waals surface area contributed by atoms with Gasteiger partial charge in [-0.05, 0) is 57.3 Å². The highest BCUT2D eigenvalue weighted by atomic mass is 15.1. The van der Waals surface area contributed by atoms with E-state index in [4.69, 9.17) is 0 Å². The Balaban J connectivity index is 2.03. The van der Waals surface area contributed by atoms with E-state index in [9.17, 15) is 0 Å². The Labute approximate surface area is 126 Å². The van der Waals surface area contributed by atoms with E-state index in [2.05, 4.69) is 71.6 Å². The Kier molecular flexibility index (Phi) is 5.11. The zero-order valence-electron chi connectivity index (χ0n) is 13.1. The number of nitrogens with one attached hydrogen (secondary N) is 2. The van der Waals surface area contributed by atoms with Crippen molar-refractivity contribution in [3.05, 3.63) is 41.6 Å². The number of anilines is 3. The first kappa shape index (κ1) is 15.3. The van der Waals surface area contributed by atoms with Gasteiger partial charge in [0.25, 0.3) is 0 Å². The molecule has 0 bridgehead atoms. The molecule has 2 rings (SSSR count). The second-order valence-corrected chi connectivity index (χ2v) is 5.50. The normalized spacial score (nSPS) is 10.7. The second-order valence-electron chi connectivity index (χ2n) is 5.50. The van der Waals surface area contributed by atoms with Crippen LogP contribution in [0, 0.1) is 13.8 Å². The molecule has 0 aliphatic rings. The molecule has 112 valence electrons. The van der Waals surface area contributed by atoms with Crippen LogP contribution in [0.1, 0.15) is 11.1 Å². The first-order chi connectivity index (χ1) is 10.0. The SMILES string of the molecule is Cc1cc(C)cc(Nc2nccc(NCCN(C)C)n2)c1. The molecule has 0 radical (unpaired) electrons. The molecule has 0 fully saturated rings. The van der Waals surface area contributed by atoms with Crippen LogP contribution >= 0.6 is 0 Å². The summed E-state index contributed by atoms with van der Waals surface area (Å²) in [5, 5.41) is 6.54. The summed E-state index contributed by atoms with van der Waals surface area (Å²) < 4.78 is 0. The summed E-state index contributed by atoms with van der Waals surface area (Å²) in [6.45, 7) is 5.98. The lowest BCUT2D eigenvalue weighted by Crippen LogP contribution is -2.21. The number of hydrogen-bond acceptors (Lipinski definition) is 5. The van der Waals surface area contributed by atoms with Gasteiger partial charge in [-0.2, -0.15) is 4.98 Å². The van der Waals surface area contributed by atoms with Crippen molar-refractivity contribution in [3.63, 3.8) is 0 Å². The Bertz CT molecular complexity index is 575. The first-order valence-corrected chi connectivity index (χ1v) is 7.10. The highest BCUT2D eigenvalue weighted by molar-refractivity contribution is 5.57. The fourth-order valence-electron chi connectivity index (χ4n) is 2.10. The standard InChI is InChI=1S/C16H23N5/c1-12-9-13(2)11-14(10-12)19-16-18-6-5-15(20-16)17-7-8-21(3)4/h5-6,9-11H,7-8H2,1-4H3,(H2,17,18,19,20). The number of hydrogen-bond donors (Lipinski definition) is 2. The maximum Gasteiger partial charge on any atom is 0.229 e. The molecule has 0 spiro atoms. The van der Waals surface area contributed by atoms with E-state index in [0.29, 0.717) is 5.95 Å². The Morgan fingerprint density at radius 1 is 1.10 bits per heavy atom. The Morgan fingerprint density at radius 3 is 2.48 bits per heavy atom. The minimum atomic E-state index is 0.606. The molecule has 0 saturated heterocycles. The van der Waals surface area contributed by atoms with E-state index in [1.54, 1.807) is 6.20 Å². The van der Waals surface area contributed by atoms with Crippen molar-refractivity contribution in [3.8, 4) is 0 Å². The van der Waals surface area contributed by atoms with E-state index < -0.39 is 0 Å². The van der Waals surface area contributed by atoms with Crippen LogP contribution in [-0.4, -0.2) is 42.1 Å². The molecule has 0 amide bonds. The smallest absolute Gasteiger partial charge is 0.229 e. The van der Waals surface area contributed by atoms with Crippen LogP contribution in [0.25, 0.3) is 0 Å². The molecule has 0 atom stereocenters. The molecule has 1 aromatic heterocycles. The third-order valence-electron chi connectivity index (χ3n) is 3.00. The fourth-order valence-corrected chi connectivity index (χ4v) is 2.10. The highest BCUT2D eigenvalue weighted by Gasteiger charge is 2.01. The molecule has 1 heterocycles. The van der Waals surface area contributed by atoms with Crippen LogP contribution < -0.4 is 10.6 Å². The zero-order chi connectivity index (χ0) is 15.2. The number of aromatic nitrogens is 2. The monoisotopic (exact) mass is 285 g/mol. The third kappa shape index (κ3) is 5.04. The largest absolute Gasteiger partial charge is 0.369 e. The average molecular weight is 285 g/mol. The highest BCUT2D eigenvalue weighted by Crippen LogP contribution is 2.17. The van der Waals surface area contributed by atoms with Crippen molar-refractivity contribution in [2.75, 3.05) is 37.8 Å². The average Bonchev–Trinajstić information content (AvgIpc) is 2.37. The van der Waals surface area contributed by atoms with Gasteiger partial charge in [0, 0.05) is 25.0 Å². The molecule has 0 unspecified atom stereocenters. The summed E-state index contributed by atoms with van der Waals surface area (Å²) >= 11 is 0. The second kappa shape index (κ2) is 7.04. The fraction of sp³-hybridized carbons (Fsp3) is 0.375. The molecule has 1 aromatic carbocycles. The molecule has 21 heavy (non-hydrogen) atoms. The van der Waals surface area contributed by atoms with Gasteiger partial charge >= 0.3 is 0 Å². The maximum absolute atomic E-state index is 4.47. The van der Waals surface area contributed by atoms with Crippen LogP contribution in [0.5, 0.6) is 0 Å². The first-order valence-electron chi connectivity index (χ1n) is 7.10. The van der Waals surface area contributed by atoms with Gasteiger partial charge in [-0.1, -0.05) is 6.07 Å². The van der Waals surface area contributed by atoms with Crippen molar-refractivity contribution >= 4 is 17.5 Å². The Morgan fingerprint density at radius 2 is 1.81 bits per heavy atom. The van der Waals surface area contributed by atoms with E-state index in [-0.39, 0.29) is 0 Å². The van der Waals surface area contributed by atoms with Gasteiger partial charge in [-0.15, -0.1) is 0 Å². The van der Waals surface area contributed by atoms with Crippen LogP contribution in [0.4, 0.5) is 17.5 Å². The number of rotatable bonds is 6. The summed E-state index contributed by atoms with van der Waals surface area (Å²) in [7, 11) is 4.10. The Hall–Kier alpha value is -2.14. The zero-order valence-corrected chi connectivity index (χ0v) is 13.1. The maximum atomic E-state index is 4.47. The quantitative estimate of drug-likeness (QED) is 0.855. The van der Waals surface area contributed by atoms with E-state index in [1.807, 2.05) is 6.07 Å². The van der Waals surface area contributed by atoms with Crippen LogP contribution in [0.15, 0.2) is 30.5 Å². The van der Waals surface area contributed by atoms with Crippen LogP contribution in [0.3, 0.4) is 0 Å². The minimum absolute atomic E-state index is 0.606. The summed E-state index contributed by atoms with van der Waals surface area (Å²) in [6.07, 6.45) is 1.76. The minimum Gasteiger partial charge on any atom is -0.369 e. The van der Waals surface area contributed by atoms with Gasteiger partial charge in [0.05, 0.1) is 0 Å². The van der Waals surface area contributed by atoms with Crippen LogP contribution in [0.2, 0.25) is 0 Å². The molecule has 2 N–H and O–H groups in total. The van der Waals surface area contributed by atoms with Gasteiger partial charge in [-0.25, -0.2) is 4.98 Å². The topological polar surface area (TPSA) is 53.1 Å². The summed E-state index contributed by atoms with van der Waals surface area (Å²) in [5.74, 6) is 1.44. The van der Waals surface area contributed by atoms with E-state index in [0.717, 1.165) is 24.6 Å². The molecule has 5 nitrogen and oxygen atoms in total. The molecule has 0 aliphatic heterocycles. The molecular formula is C16H23N5. The van der Waals surface area contributed by atoms with Gasteiger partial charge in [0.1, 0.15) is 5.82 Å². The van der Waals surface area contributed by atoms with Gasteiger partial charge in [0.15, 0.2) is 0 Å². The van der Waals surface area contributed by atoms with E-state index >= 15 is 0 Å². The molecule has 0 aliphatic carbocycles. The van der Waals surface area contributed by atoms with Crippen molar-refractivity contribution in [2.24, 2.45) is 0 Å². The summed E-state index contributed by atoms with van der Waals surface area (Å²) in [6, 6.07) is 8.19. The van der Waals surface area contributed by atoms with Gasteiger partial charge < -0.3 is 15.5 Å². The lowest BCUT2D eigenvalue weighted by Gasteiger charge is -2.12. The van der Waals surface area contributed by atoms with Crippen LogP contribution in [-0.2, 0) is 0 Å². The summed E-state index contributed by atoms with van der Waals surface area (Å²) in [4.78, 5) is 10.9. The third-order valence-corrected chi connectivity index (χ3v) is 3.00. The number of benzene rings is 1. The summed E-state index contributed by atoms with van der Waals surface area (Å²) in [5.41, 5.74) is 3.45. The van der Waals surface area contributed by atoms with E-state index in [1.165, 1.54) is 11.1 Å². The number of likely N-dealkylation sites (N-methyl/N-ethyl adjacent to an activating group) is 1. The molecule has 2 aromatic rings. The predicted molar refractivity (Wildman–Crippen MR) is 88.3 cm³/mol. The van der Waals surface area contributed by atoms with Gasteiger partial charge in [-0.3, -0.25) is 0 Å². The predicted octanol–water partition coefficient (Wildman–Crippen LogP) is 2.81. The molecule has 0 saturated carbocycles. The lowest BCUT2D eigenvalue weighted by molar-refractivity contribution is 0.425. The number of aryl methyl sites for hydroxylation is 2.